The Kier molecular flexibility index (Phi) is 2.16. The van der Waals surface area contributed by atoms with Gasteiger partial charge in [0.15, 0.2) is 0 Å². The predicted octanol–water partition coefficient (Wildman–Crippen LogP) is 0.275. The lowest BCUT2D eigenvalue weighted by molar-refractivity contribution is 0.0700. The summed E-state index contributed by atoms with van der Waals surface area (Å²) in [4.78, 5) is 24.2. The standard InChI is InChI=1S/C11H13ClN4O2/c1-15-11(3-2-4-11)14-9(17)8-6(12)5-7(13)10(18)16(8)15/h5H,2-4,13H2,1H3,(H,14,17). The number of nitrogens with zero attached hydrogens (tertiary/aromatic N) is 2. The molecule has 1 aliphatic carbocycles. The first kappa shape index (κ1) is 11.4. The summed E-state index contributed by atoms with van der Waals surface area (Å²) in [6.07, 6.45) is 2.64. The van der Waals surface area contributed by atoms with E-state index in [2.05, 4.69) is 5.32 Å². The third-order valence-electron chi connectivity index (χ3n) is 3.82. The lowest BCUT2D eigenvalue weighted by atomic mass is 9.83. The van der Waals surface area contributed by atoms with Crippen LogP contribution in [-0.2, 0) is 0 Å². The highest BCUT2D eigenvalue weighted by Gasteiger charge is 2.47. The van der Waals surface area contributed by atoms with Gasteiger partial charge in [-0.2, -0.15) is 0 Å². The van der Waals surface area contributed by atoms with Gasteiger partial charge in [0.2, 0.25) is 0 Å². The molecule has 0 unspecified atom stereocenters. The number of aromatic nitrogens is 1. The third kappa shape index (κ3) is 1.23. The maximum Gasteiger partial charge on any atom is 0.292 e. The topological polar surface area (TPSA) is 80.4 Å². The predicted molar refractivity (Wildman–Crippen MR) is 68.3 cm³/mol. The minimum absolute atomic E-state index is 0.0415. The second-order valence-electron chi connectivity index (χ2n) is 4.78. The second kappa shape index (κ2) is 3.41. The Balaban J connectivity index is 2.29. The van der Waals surface area contributed by atoms with Crippen molar-refractivity contribution in [2.24, 2.45) is 0 Å². The van der Waals surface area contributed by atoms with Crippen molar-refractivity contribution in [3.05, 3.63) is 27.1 Å². The van der Waals surface area contributed by atoms with Crippen molar-refractivity contribution in [1.82, 2.24) is 9.99 Å². The van der Waals surface area contributed by atoms with E-state index in [1.807, 2.05) is 0 Å². The molecule has 1 fully saturated rings. The van der Waals surface area contributed by atoms with E-state index in [0.717, 1.165) is 19.3 Å². The van der Waals surface area contributed by atoms with Crippen LogP contribution in [0, 0.1) is 0 Å². The van der Waals surface area contributed by atoms with E-state index in [-0.39, 0.29) is 22.3 Å². The summed E-state index contributed by atoms with van der Waals surface area (Å²) in [6.45, 7) is 0. The zero-order chi connectivity index (χ0) is 13.1. The Hall–Kier alpha value is -1.69. The molecule has 1 amide bonds. The number of carbonyl (C=O) groups is 1. The van der Waals surface area contributed by atoms with Gasteiger partial charge in [0.25, 0.3) is 11.5 Å². The Morgan fingerprint density at radius 2 is 2.11 bits per heavy atom. The number of hydrogen-bond acceptors (Lipinski definition) is 4. The molecule has 2 heterocycles. The molecule has 1 aliphatic heterocycles. The largest absolute Gasteiger partial charge is 0.394 e. The molecule has 1 saturated carbocycles. The van der Waals surface area contributed by atoms with Crippen LogP contribution in [0.5, 0.6) is 0 Å². The van der Waals surface area contributed by atoms with E-state index in [4.69, 9.17) is 17.3 Å². The number of carbonyl (C=O) groups excluding carboxylic acids is 1. The van der Waals surface area contributed by atoms with Crippen LogP contribution in [0.3, 0.4) is 0 Å². The lowest BCUT2D eigenvalue weighted by Crippen LogP contribution is -2.72. The average Bonchev–Trinajstić information content (AvgIpc) is 2.26. The first-order valence-corrected chi connectivity index (χ1v) is 6.12. The number of pyridine rings is 1. The summed E-state index contributed by atoms with van der Waals surface area (Å²) < 4.78 is 1.29. The van der Waals surface area contributed by atoms with Gasteiger partial charge in [0.1, 0.15) is 17.0 Å². The highest BCUT2D eigenvalue weighted by atomic mass is 35.5. The minimum Gasteiger partial charge on any atom is -0.394 e. The van der Waals surface area contributed by atoms with Gasteiger partial charge >= 0.3 is 0 Å². The number of halogens is 1. The van der Waals surface area contributed by atoms with Crippen LogP contribution >= 0.6 is 11.6 Å². The van der Waals surface area contributed by atoms with Gasteiger partial charge in [-0.3, -0.25) is 14.6 Å². The summed E-state index contributed by atoms with van der Waals surface area (Å²) >= 11 is 6.01. The molecule has 0 bridgehead atoms. The van der Waals surface area contributed by atoms with Crippen molar-refractivity contribution >= 4 is 23.2 Å². The summed E-state index contributed by atoms with van der Waals surface area (Å²) in [5.74, 6) is -0.324. The van der Waals surface area contributed by atoms with Crippen molar-refractivity contribution in [3.8, 4) is 0 Å². The molecule has 0 aromatic carbocycles. The molecule has 1 aromatic heterocycles. The lowest BCUT2D eigenvalue weighted by Gasteiger charge is -2.53. The number of amides is 1. The van der Waals surface area contributed by atoms with Crippen LogP contribution in [0.1, 0.15) is 29.8 Å². The van der Waals surface area contributed by atoms with Crippen LogP contribution in [0.15, 0.2) is 10.9 Å². The minimum atomic E-state index is -0.467. The Labute approximate surface area is 108 Å². The number of nitrogens with two attached hydrogens (primary N) is 1. The van der Waals surface area contributed by atoms with Gasteiger partial charge in [0, 0.05) is 7.05 Å². The van der Waals surface area contributed by atoms with Gasteiger partial charge in [-0.15, -0.1) is 0 Å². The number of nitrogen functional groups attached to an aromatic ring is 1. The summed E-state index contributed by atoms with van der Waals surface area (Å²) in [5.41, 5.74) is 4.94. The maximum atomic E-state index is 12.1. The highest BCUT2D eigenvalue weighted by molar-refractivity contribution is 6.33. The molecule has 3 rings (SSSR count). The van der Waals surface area contributed by atoms with Crippen LogP contribution in [-0.4, -0.2) is 23.3 Å². The number of nitrogens with one attached hydrogen (secondary N) is 1. The SMILES string of the molecule is CN1n2c(c(Cl)cc(N)c2=O)C(=O)NC12CCC2. The van der Waals surface area contributed by atoms with Crippen molar-refractivity contribution in [1.29, 1.82) is 0 Å². The normalized spacial score (nSPS) is 20.3. The summed E-state index contributed by atoms with van der Waals surface area (Å²) in [7, 11) is 1.76. The number of anilines is 1. The molecule has 0 saturated heterocycles. The van der Waals surface area contributed by atoms with Crippen molar-refractivity contribution in [2.45, 2.75) is 24.9 Å². The Morgan fingerprint density at radius 1 is 1.44 bits per heavy atom. The molecule has 3 N–H and O–H groups in total. The van der Waals surface area contributed by atoms with Crippen molar-refractivity contribution in [3.63, 3.8) is 0 Å². The molecule has 6 nitrogen and oxygen atoms in total. The fraction of sp³-hybridized carbons (Fsp3) is 0.455. The van der Waals surface area contributed by atoms with Crippen LogP contribution in [0.2, 0.25) is 5.02 Å². The zero-order valence-corrected chi connectivity index (χ0v) is 10.6. The van der Waals surface area contributed by atoms with E-state index >= 15 is 0 Å². The fourth-order valence-corrected chi connectivity index (χ4v) is 2.87. The Morgan fingerprint density at radius 3 is 2.67 bits per heavy atom. The van der Waals surface area contributed by atoms with E-state index in [1.165, 1.54) is 10.7 Å². The van der Waals surface area contributed by atoms with Crippen molar-refractivity contribution < 1.29 is 4.79 Å². The molecule has 1 aromatic rings. The Bertz CT molecular complexity index is 606. The van der Waals surface area contributed by atoms with Gasteiger partial charge in [0.05, 0.1) is 5.02 Å². The average molecular weight is 269 g/mol. The number of hydrogen-bond donors (Lipinski definition) is 2. The molecule has 96 valence electrons. The maximum absolute atomic E-state index is 12.1. The molecule has 0 radical (unpaired) electrons. The molecule has 7 heteroatoms. The molecule has 1 spiro atoms. The molecule has 2 aliphatic rings. The summed E-state index contributed by atoms with van der Waals surface area (Å²) in [5, 5.41) is 4.84. The quantitative estimate of drug-likeness (QED) is 0.708. The van der Waals surface area contributed by atoms with Crippen molar-refractivity contribution in [2.75, 3.05) is 17.8 Å². The monoisotopic (exact) mass is 268 g/mol. The summed E-state index contributed by atoms with van der Waals surface area (Å²) in [6, 6.07) is 1.32. The number of fused-ring (bicyclic) bond motifs is 1. The van der Waals surface area contributed by atoms with Crippen LogP contribution in [0.25, 0.3) is 0 Å². The first-order valence-electron chi connectivity index (χ1n) is 5.74. The van der Waals surface area contributed by atoms with E-state index in [1.54, 1.807) is 12.1 Å². The number of rotatable bonds is 0. The van der Waals surface area contributed by atoms with Gasteiger partial charge in [-0.05, 0) is 25.3 Å². The molecular formula is C11H13ClN4O2. The first-order chi connectivity index (χ1) is 8.46. The van der Waals surface area contributed by atoms with E-state index in [0.29, 0.717) is 0 Å². The van der Waals surface area contributed by atoms with Gasteiger partial charge < -0.3 is 11.1 Å². The zero-order valence-electron chi connectivity index (χ0n) is 9.86. The van der Waals surface area contributed by atoms with Crippen LogP contribution in [0.4, 0.5) is 5.69 Å². The molecule has 0 atom stereocenters. The smallest absolute Gasteiger partial charge is 0.292 e. The van der Waals surface area contributed by atoms with Gasteiger partial charge in [-0.25, -0.2) is 4.68 Å². The fourth-order valence-electron chi connectivity index (χ4n) is 2.59. The third-order valence-corrected chi connectivity index (χ3v) is 4.11. The van der Waals surface area contributed by atoms with Crippen LogP contribution < -0.4 is 21.6 Å². The molecule has 18 heavy (non-hydrogen) atoms. The van der Waals surface area contributed by atoms with E-state index < -0.39 is 11.2 Å². The van der Waals surface area contributed by atoms with Gasteiger partial charge in [-0.1, -0.05) is 11.6 Å². The molecular weight excluding hydrogens is 256 g/mol. The van der Waals surface area contributed by atoms with E-state index in [9.17, 15) is 9.59 Å². The highest BCUT2D eigenvalue weighted by Crippen LogP contribution is 2.36. The second-order valence-corrected chi connectivity index (χ2v) is 5.18.